The van der Waals surface area contributed by atoms with Crippen LogP contribution in [-0.2, 0) is 28.5 Å². The highest BCUT2D eigenvalue weighted by atomic mass is 16.7. The van der Waals surface area contributed by atoms with Gasteiger partial charge in [-0.05, 0) is 31.9 Å². The number of hydrogen-bond acceptors (Lipinski definition) is 6. The molecule has 6 heteroatoms. The molecule has 3 aliphatic heterocycles. The molecule has 26 heavy (non-hydrogen) atoms. The van der Waals surface area contributed by atoms with Gasteiger partial charge in [-0.1, -0.05) is 20.4 Å². The van der Waals surface area contributed by atoms with Crippen LogP contribution in [-0.4, -0.2) is 42.6 Å². The Balaban J connectivity index is 2.04. The van der Waals surface area contributed by atoms with E-state index in [-0.39, 0.29) is 11.9 Å². The number of methoxy groups -OCH3 is 1. The van der Waals surface area contributed by atoms with E-state index in [1.165, 1.54) is 0 Å². The molecule has 6 nitrogen and oxygen atoms in total. The van der Waals surface area contributed by atoms with Crippen LogP contribution < -0.4 is 0 Å². The van der Waals surface area contributed by atoms with Gasteiger partial charge in [0.15, 0.2) is 5.79 Å². The summed E-state index contributed by atoms with van der Waals surface area (Å²) in [5.41, 5.74) is 0.666. The highest BCUT2D eigenvalue weighted by Gasteiger charge is 2.55. The Bertz CT molecular complexity index is 665. The second-order valence-electron chi connectivity index (χ2n) is 8.11. The van der Waals surface area contributed by atoms with Crippen molar-refractivity contribution in [3.63, 3.8) is 0 Å². The third-order valence-corrected chi connectivity index (χ3v) is 5.77. The van der Waals surface area contributed by atoms with Crippen molar-refractivity contribution in [3.05, 3.63) is 23.8 Å². The van der Waals surface area contributed by atoms with E-state index < -0.39 is 35.5 Å². The zero-order valence-corrected chi connectivity index (χ0v) is 16.2. The second-order valence-corrected chi connectivity index (χ2v) is 8.11. The first-order valence-electron chi connectivity index (χ1n) is 9.15. The lowest BCUT2D eigenvalue weighted by Crippen LogP contribution is -2.41. The quantitative estimate of drug-likeness (QED) is 0.436. The molecule has 2 bridgehead atoms. The predicted molar refractivity (Wildman–Crippen MR) is 94.1 cm³/mol. The van der Waals surface area contributed by atoms with Gasteiger partial charge in [0.2, 0.25) is 0 Å². The SMILES string of the molecule is C=C1C(=O)O[C@@H]2/C=C(/C)[C@]3(OC)CC[C@](C)(C[C@@H](OC(=O)C(C)C)[C@@H]12)O3. The van der Waals surface area contributed by atoms with Crippen molar-refractivity contribution in [1.82, 2.24) is 0 Å². The fourth-order valence-corrected chi connectivity index (χ4v) is 4.16. The third-order valence-electron chi connectivity index (χ3n) is 5.77. The van der Waals surface area contributed by atoms with Gasteiger partial charge < -0.3 is 18.9 Å². The van der Waals surface area contributed by atoms with E-state index in [1.54, 1.807) is 21.0 Å². The molecule has 0 amide bonds. The summed E-state index contributed by atoms with van der Waals surface area (Å²) in [6.07, 6.45) is 2.68. The molecule has 3 heterocycles. The number of carbonyl (C=O) groups is 2. The Hall–Kier alpha value is -1.66. The van der Waals surface area contributed by atoms with Crippen LogP contribution in [0.25, 0.3) is 0 Å². The zero-order chi connectivity index (χ0) is 19.3. The number of fused-ring (bicyclic) bond motifs is 3. The molecule has 0 N–H and O–H groups in total. The fourth-order valence-electron chi connectivity index (χ4n) is 4.16. The Labute approximate surface area is 154 Å². The lowest BCUT2D eigenvalue weighted by atomic mass is 9.81. The predicted octanol–water partition coefficient (Wildman–Crippen LogP) is 2.91. The van der Waals surface area contributed by atoms with E-state index in [0.29, 0.717) is 18.4 Å². The van der Waals surface area contributed by atoms with Crippen LogP contribution in [0.4, 0.5) is 0 Å². The highest BCUT2D eigenvalue weighted by molar-refractivity contribution is 5.91. The number of hydrogen-bond donors (Lipinski definition) is 0. The van der Waals surface area contributed by atoms with Gasteiger partial charge in [-0.25, -0.2) is 4.79 Å². The Morgan fingerprint density at radius 2 is 2.08 bits per heavy atom. The van der Waals surface area contributed by atoms with E-state index in [9.17, 15) is 9.59 Å². The van der Waals surface area contributed by atoms with Crippen LogP contribution in [0.15, 0.2) is 23.8 Å². The van der Waals surface area contributed by atoms with Crippen molar-refractivity contribution in [2.24, 2.45) is 11.8 Å². The molecule has 144 valence electrons. The average Bonchev–Trinajstić information content (AvgIpc) is 3.05. The minimum absolute atomic E-state index is 0.264. The molecule has 0 spiro atoms. The summed E-state index contributed by atoms with van der Waals surface area (Å²) >= 11 is 0. The van der Waals surface area contributed by atoms with Crippen LogP contribution >= 0.6 is 0 Å². The molecule has 0 aromatic heterocycles. The minimum Gasteiger partial charge on any atom is -0.461 e. The van der Waals surface area contributed by atoms with Gasteiger partial charge in [0.05, 0.1) is 17.4 Å². The normalized spacial score (nSPS) is 41.6. The maximum atomic E-state index is 12.3. The van der Waals surface area contributed by atoms with Crippen LogP contribution in [0, 0.1) is 11.8 Å². The molecule has 2 saturated heterocycles. The smallest absolute Gasteiger partial charge is 0.334 e. The number of ether oxygens (including phenoxy) is 4. The molecule has 0 aromatic carbocycles. The number of rotatable bonds is 3. The zero-order valence-electron chi connectivity index (χ0n) is 16.2. The van der Waals surface area contributed by atoms with Crippen molar-refractivity contribution >= 4 is 11.9 Å². The van der Waals surface area contributed by atoms with Gasteiger partial charge in [-0.3, -0.25) is 4.79 Å². The molecular weight excluding hydrogens is 336 g/mol. The first kappa shape index (κ1) is 19.1. The van der Waals surface area contributed by atoms with E-state index in [0.717, 1.165) is 12.0 Å². The molecule has 0 aromatic rings. The monoisotopic (exact) mass is 364 g/mol. The standard InChI is InChI=1S/C20H28O6/c1-11(2)17(21)25-15-10-19(5)7-8-20(23-6,26-19)12(3)9-14-16(15)13(4)18(22)24-14/h9,11,14-16H,4,7-8,10H2,1-3,5-6H3/b12-9-/t14-,15-,16+,19-,20+/m1/s1. The van der Waals surface area contributed by atoms with Gasteiger partial charge in [0.1, 0.15) is 12.2 Å². The molecule has 0 aliphatic carbocycles. The Morgan fingerprint density at radius 3 is 2.69 bits per heavy atom. The van der Waals surface area contributed by atoms with Crippen molar-refractivity contribution in [3.8, 4) is 0 Å². The lowest BCUT2D eigenvalue weighted by molar-refractivity contribution is -0.218. The average molecular weight is 364 g/mol. The topological polar surface area (TPSA) is 71.1 Å². The van der Waals surface area contributed by atoms with E-state index in [2.05, 4.69) is 6.58 Å². The molecule has 0 radical (unpaired) electrons. The summed E-state index contributed by atoms with van der Waals surface area (Å²) in [6.45, 7) is 11.4. The molecular formula is C20H28O6. The van der Waals surface area contributed by atoms with Crippen LogP contribution in [0.5, 0.6) is 0 Å². The summed E-state index contributed by atoms with van der Waals surface area (Å²) in [5.74, 6) is -2.28. The molecule has 0 unspecified atom stereocenters. The van der Waals surface area contributed by atoms with Crippen molar-refractivity contribution in [2.75, 3.05) is 7.11 Å². The summed E-state index contributed by atoms with van der Waals surface area (Å²) in [6, 6.07) is 0. The molecule has 0 saturated carbocycles. The Morgan fingerprint density at radius 1 is 1.38 bits per heavy atom. The molecule has 5 atom stereocenters. The van der Waals surface area contributed by atoms with Gasteiger partial charge in [0, 0.05) is 25.5 Å². The summed E-state index contributed by atoms with van der Waals surface area (Å²) < 4.78 is 23.4. The largest absolute Gasteiger partial charge is 0.461 e. The van der Waals surface area contributed by atoms with Gasteiger partial charge in [0.25, 0.3) is 0 Å². The molecule has 3 aliphatic rings. The number of carbonyl (C=O) groups excluding carboxylic acids is 2. The van der Waals surface area contributed by atoms with Crippen molar-refractivity contribution in [2.45, 2.75) is 70.6 Å². The first-order chi connectivity index (χ1) is 12.1. The summed E-state index contributed by atoms with van der Waals surface area (Å²) in [4.78, 5) is 24.5. The van der Waals surface area contributed by atoms with Crippen LogP contribution in [0.1, 0.15) is 47.0 Å². The molecule has 2 fully saturated rings. The second kappa shape index (κ2) is 6.50. The summed E-state index contributed by atoms with van der Waals surface area (Å²) in [7, 11) is 1.62. The lowest BCUT2D eigenvalue weighted by Gasteiger charge is -2.34. The Kier molecular flexibility index (Phi) is 4.78. The van der Waals surface area contributed by atoms with E-state index in [4.69, 9.17) is 18.9 Å². The third kappa shape index (κ3) is 3.09. The van der Waals surface area contributed by atoms with E-state index in [1.807, 2.05) is 19.9 Å². The fraction of sp³-hybridized carbons (Fsp3) is 0.700. The van der Waals surface area contributed by atoms with E-state index >= 15 is 0 Å². The minimum atomic E-state index is -0.841. The maximum absolute atomic E-state index is 12.3. The molecule has 3 rings (SSSR count). The number of esters is 2. The van der Waals surface area contributed by atoms with Crippen LogP contribution in [0.2, 0.25) is 0 Å². The van der Waals surface area contributed by atoms with Gasteiger partial charge in [-0.2, -0.15) is 0 Å². The summed E-state index contributed by atoms with van der Waals surface area (Å²) in [5, 5.41) is 0. The van der Waals surface area contributed by atoms with Crippen LogP contribution in [0.3, 0.4) is 0 Å². The maximum Gasteiger partial charge on any atom is 0.334 e. The van der Waals surface area contributed by atoms with Crippen molar-refractivity contribution in [1.29, 1.82) is 0 Å². The van der Waals surface area contributed by atoms with Crippen molar-refractivity contribution < 1.29 is 28.5 Å². The highest BCUT2D eigenvalue weighted by Crippen LogP contribution is 2.49. The van der Waals surface area contributed by atoms with Gasteiger partial charge in [-0.15, -0.1) is 0 Å². The van der Waals surface area contributed by atoms with Gasteiger partial charge >= 0.3 is 11.9 Å². The first-order valence-corrected chi connectivity index (χ1v) is 9.15.